The number of nitrogens with zero attached hydrogens (tertiary/aromatic N) is 3. The van der Waals surface area contributed by atoms with Crippen molar-refractivity contribution in [2.45, 2.75) is 32.1 Å². The van der Waals surface area contributed by atoms with Gasteiger partial charge in [0.25, 0.3) is 0 Å². The van der Waals surface area contributed by atoms with E-state index in [2.05, 4.69) is 20.1 Å². The van der Waals surface area contributed by atoms with Crippen LogP contribution in [0.4, 0.5) is 0 Å². The Balaban J connectivity index is 0.00000338. The molecular formula is C18H36IN5O2. The lowest BCUT2D eigenvalue weighted by Crippen LogP contribution is -2.49. The minimum Gasteiger partial charge on any atom is -0.383 e. The summed E-state index contributed by atoms with van der Waals surface area (Å²) < 4.78 is 5.16. The van der Waals surface area contributed by atoms with E-state index >= 15 is 0 Å². The number of nitrogens with two attached hydrogens (primary N) is 1. The Labute approximate surface area is 175 Å². The molecule has 0 aliphatic carbocycles. The number of primary amides is 1. The van der Waals surface area contributed by atoms with Crippen molar-refractivity contribution in [3.63, 3.8) is 0 Å². The summed E-state index contributed by atoms with van der Waals surface area (Å²) in [6, 6.07) is 0. The van der Waals surface area contributed by atoms with E-state index in [1.807, 2.05) is 7.05 Å². The number of halogens is 1. The molecule has 1 unspecified atom stereocenters. The van der Waals surface area contributed by atoms with Crippen LogP contribution in [0.5, 0.6) is 0 Å². The van der Waals surface area contributed by atoms with Crippen molar-refractivity contribution >= 4 is 35.8 Å². The minimum absolute atomic E-state index is 0. The lowest BCUT2D eigenvalue weighted by Gasteiger charge is -2.36. The Kier molecular flexibility index (Phi) is 11.5. The quantitative estimate of drug-likeness (QED) is 0.324. The molecule has 2 fully saturated rings. The molecule has 0 bridgehead atoms. The number of hydrogen-bond acceptors (Lipinski definition) is 4. The van der Waals surface area contributed by atoms with E-state index in [-0.39, 0.29) is 29.9 Å². The lowest BCUT2D eigenvalue weighted by molar-refractivity contribution is -0.119. The standard InChI is InChI=1S/C18H35N5O2.HI/c1-20-18(23-7-3-4-16(14-23)12-17(19)24)21-13-15-5-8-22(9-6-15)10-11-25-2;/h15-16H,3-14H2,1-2H3,(H2,19,24)(H,20,21);1H. The number of hydrogen-bond donors (Lipinski definition) is 2. The van der Waals surface area contributed by atoms with Crippen molar-refractivity contribution in [3.8, 4) is 0 Å². The van der Waals surface area contributed by atoms with Crippen LogP contribution in [0.2, 0.25) is 0 Å². The van der Waals surface area contributed by atoms with E-state index < -0.39 is 0 Å². The van der Waals surface area contributed by atoms with Crippen LogP contribution in [0.15, 0.2) is 4.99 Å². The van der Waals surface area contributed by atoms with Gasteiger partial charge in [-0.2, -0.15) is 0 Å². The molecule has 2 saturated heterocycles. The maximum Gasteiger partial charge on any atom is 0.217 e. The highest BCUT2D eigenvalue weighted by molar-refractivity contribution is 14.0. The molecule has 0 aromatic carbocycles. The molecular weight excluding hydrogens is 445 g/mol. The number of aliphatic imine (C=N–C) groups is 1. The number of amides is 1. The van der Waals surface area contributed by atoms with E-state index in [9.17, 15) is 4.79 Å². The van der Waals surface area contributed by atoms with Gasteiger partial charge in [0, 0.05) is 46.8 Å². The average Bonchev–Trinajstić information content (AvgIpc) is 2.61. The van der Waals surface area contributed by atoms with Crippen molar-refractivity contribution in [2.24, 2.45) is 22.6 Å². The molecule has 2 aliphatic heterocycles. The Morgan fingerprint density at radius 2 is 1.96 bits per heavy atom. The van der Waals surface area contributed by atoms with Crippen LogP contribution in [-0.2, 0) is 9.53 Å². The molecule has 2 heterocycles. The fourth-order valence-corrected chi connectivity index (χ4v) is 3.91. The molecule has 0 spiro atoms. The van der Waals surface area contributed by atoms with Crippen LogP contribution >= 0.6 is 24.0 Å². The molecule has 0 saturated carbocycles. The second kappa shape index (κ2) is 12.7. The first-order valence-electron chi connectivity index (χ1n) is 9.57. The van der Waals surface area contributed by atoms with E-state index in [0.717, 1.165) is 64.7 Å². The van der Waals surface area contributed by atoms with Crippen LogP contribution in [0.25, 0.3) is 0 Å². The van der Waals surface area contributed by atoms with Gasteiger partial charge in [-0.15, -0.1) is 24.0 Å². The zero-order valence-corrected chi connectivity index (χ0v) is 18.6. The van der Waals surface area contributed by atoms with Crippen molar-refractivity contribution in [1.29, 1.82) is 0 Å². The molecule has 2 rings (SSSR count). The number of ether oxygens (including phenoxy) is 1. The van der Waals surface area contributed by atoms with Crippen molar-refractivity contribution in [3.05, 3.63) is 0 Å². The third kappa shape index (κ3) is 7.96. The number of rotatable bonds is 7. The van der Waals surface area contributed by atoms with Gasteiger partial charge in [0.05, 0.1) is 6.61 Å². The van der Waals surface area contributed by atoms with E-state index in [1.54, 1.807) is 7.11 Å². The highest BCUT2D eigenvalue weighted by Crippen LogP contribution is 2.20. The molecule has 3 N–H and O–H groups in total. The highest BCUT2D eigenvalue weighted by atomic mass is 127. The second-order valence-corrected chi connectivity index (χ2v) is 7.33. The van der Waals surface area contributed by atoms with Crippen LogP contribution in [0, 0.1) is 11.8 Å². The number of nitrogens with one attached hydrogen (secondary N) is 1. The van der Waals surface area contributed by atoms with Gasteiger partial charge in [0.15, 0.2) is 5.96 Å². The number of piperidine rings is 2. The van der Waals surface area contributed by atoms with Gasteiger partial charge in [0.1, 0.15) is 0 Å². The van der Waals surface area contributed by atoms with Crippen molar-refractivity contribution < 1.29 is 9.53 Å². The minimum atomic E-state index is -0.199. The van der Waals surface area contributed by atoms with Crippen LogP contribution in [0.1, 0.15) is 32.1 Å². The van der Waals surface area contributed by atoms with Gasteiger partial charge in [-0.3, -0.25) is 9.79 Å². The number of carbonyl (C=O) groups excluding carboxylic acids is 1. The van der Waals surface area contributed by atoms with Crippen LogP contribution in [0.3, 0.4) is 0 Å². The average molecular weight is 481 g/mol. The van der Waals surface area contributed by atoms with Gasteiger partial charge in [0.2, 0.25) is 5.91 Å². The molecule has 8 heteroatoms. The first-order chi connectivity index (χ1) is 12.1. The summed E-state index contributed by atoms with van der Waals surface area (Å²) in [7, 11) is 3.60. The highest BCUT2D eigenvalue weighted by Gasteiger charge is 2.24. The molecule has 7 nitrogen and oxygen atoms in total. The molecule has 0 aromatic rings. The van der Waals surface area contributed by atoms with Gasteiger partial charge in [-0.05, 0) is 50.6 Å². The third-order valence-corrected chi connectivity index (χ3v) is 5.39. The lowest BCUT2D eigenvalue weighted by atomic mass is 9.94. The predicted molar refractivity (Wildman–Crippen MR) is 116 cm³/mol. The summed E-state index contributed by atoms with van der Waals surface area (Å²) in [5.41, 5.74) is 5.36. The van der Waals surface area contributed by atoms with Crippen LogP contribution < -0.4 is 11.1 Å². The second-order valence-electron chi connectivity index (χ2n) is 7.33. The maximum atomic E-state index is 11.2. The molecule has 2 aliphatic rings. The summed E-state index contributed by atoms with van der Waals surface area (Å²) in [5.74, 6) is 1.82. The Morgan fingerprint density at radius 3 is 2.58 bits per heavy atom. The topological polar surface area (TPSA) is 83.2 Å². The molecule has 0 radical (unpaired) electrons. The van der Waals surface area contributed by atoms with Gasteiger partial charge in [-0.1, -0.05) is 0 Å². The van der Waals surface area contributed by atoms with Crippen LogP contribution in [-0.4, -0.2) is 81.7 Å². The maximum absolute atomic E-state index is 11.2. The number of guanidine groups is 1. The predicted octanol–water partition coefficient (Wildman–Crippen LogP) is 1.13. The summed E-state index contributed by atoms with van der Waals surface area (Å²) >= 11 is 0. The molecule has 152 valence electrons. The Bertz CT molecular complexity index is 441. The Hall–Kier alpha value is -0.610. The molecule has 0 aromatic heterocycles. The summed E-state index contributed by atoms with van der Waals surface area (Å²) in [6.07, 6.45) is 5.09. The van der Waals surface area contributed by atoms with Gasteiger partial charge in [-0.25, -0.2) is 0 Å². The molecule has 1 amide bonds. The van der Waals surface area contributed by atoms with Gasteiger partial charge >= 0.3 is 0 Å². The largest absolute Gasteiger partial charge is 0.383 e. The monoisotopic (exact) mass is 481 g/mol. The summed E-state index contributed by atoms with van der Waals surface area (Å²) in [5, 5.41) is 3.56. The fraction of sp³-hybridized carbons (Fsp3) is 0.889. The zero-order chi connectivity index (χ0) is 18.1. The smallest absolute Gasteiger partial charge is 0.217 e. The number of carbonyl (C=O) groups is 1. The van der Waals surface area contributed by atoms with Crippen molar-refractivity contribution in [1.82, 2.24) is 15.1 Å². The van der Waals surface area contributed by atoms with E-state index in [4.69, 9.17) is 10.5 Å². The first-order valence-corrected chi connectivity index (χ1v) is 9.57. The molecule has 1 atom stereocenters. The zero-order valence-electron chi connectivity index (χ0n) is 16.3. The first kappa shape index (κ1) is 23.4. The normalized spacial score (nSPS) is 22.8. The third-order valence-electron chi connectivity index (χ3n) is 5.39. The summed E-state index contributed by atoms with van der Waals surface area (Å²) in [4.78, 5) is 20.4. The number of methoxy groups -OCH3 is 1. The molecule has 26 heavy (non-hydrogen) atoms. The van der Waals surface area contributed by atoms with Crippen molar-refractivity contribution in [2.75, 3.05) is 60.0 Å². The van der Waals surface area contributed by atoms with E-state index in [0.29, 0.717) is 18.3 Å². The number of likely N-dealkylation sites (tertiary alicyclic amines) is 2. The summed E-state index contributed by atoms with van der Waals surface area (Å²) in [6.45, 7) is 7.01. The van der Waals surface area contributed by atoms with E-state index in [1.165, 1.54) is 12.8 Å². The Morgan fingerprint density at radius 1 is 1.23 bits per heavy atom. The SMILES string of the molecule is CN=C(NCC1CCN(CCOC)CC1)N1CCCC(CC(N)=O)C1.I. The fourth-order valence-electron chi connectivity index (χ4n) is 3.91. The van der Waals surface area contributed by atoms with Gasteiger partial charge < -0.3 is 25.6 Å².